The third-order valence-electron chi connectivity index (χ3n) is 8.17. The number of nitrogens with one attached hydrogen (secondary N) is 2. The minimum absolute atomic E-state index is 0.0131. The molecule has 2 bridgehead atoms. The summed E-state index contributed by atoms with van der Waals surface area (Å²) < 4.78 is 18.3. The number of hydrogen-bond acceptors (Lipinski definition) is 8. The van der Waals surface area contributed by atoms with Crippen LogP contribution in [0, 0.1) is 23.7 Å². The fourth-order valence-electron chi connectivity index (χ4n) is 6.26. The first kappa shape index (κ1) is 23.7. The summed E-state index contributed by atoms with van der Waals surface area (Å²) >= 11 is 0. The highest BCUT2D eigenvalue weighted by Crippen LogP contribution is 2.60. The van der Waals surface area contributed by atoms with Crippen LogP contribution in [-0.2, 0) is 40.0 Å². The molecule has 10 nitrogen and oxygen atoms in total. The van der Waals surface area contributed by atoms with E-state index in [0.717, 1.165) is 31.4 Å². The van der Waals surface area contributed by atoms with Crippen LogP contribution in [0.15, 0.2) is 12.5 Å². The number of carbonyl (C=O) groups is 2. The number of carbonyl (C=O) groups excluding carboxylic acids is 2. The van der Waals surface area contributed by atoms with Crippen LogP contribution in [0.5, 0.6) is 0 Å². The van der Waals surface area contributed by atoms with Gasteiger partial charge in [-0.3, -0.25) is 9.59 Å². The van der Waals surface area contributed by atoms with Crippen molar-refractivity contribution in [3.05, 3.63) is 18.2 Å². The number of H-pyrrole nitrogens is 1. The van der Waals surface area contributed by atoms with Crippen molar-refractivity contribution >= 4 is 11.9 Å². The molecule has 6 rings (SSSR count). The minimum Gasteiger partial charge on any atom is -0.435 e. The Bertz CT molecular complexity index is 895. The molecule has 0 unspecified atom stereocenters. The third kappa shape index (κ3) is 4.25. The van der Waals surface area contributed by atoms with Crippen LogP contribution in [0.3, 0.4) is 0 Å². The van der Waals surface area contributed by atoms with E-state index in [1.54, 1.807) is 12.5 Å². The number of esters is 1. The van der Waals surface area contributed by atoms with E-state index in [2.05, 4.69) is 22.2 Å². The number of rotatable bonds is 7. The highest BCUT2D eigenvalue weighted by Gasteiger charge is 2.69. The second-order valence-electron chi connectivity index (χ2n) is 10.4. The van der Waals surface area contributed by atoms with Crippen molar-refractivity contribution in [1.82, 2.24) is 15.3 Å². The van der Waals surface area contributed by atoms with Gasteiger partial charge in [0.25, 0.3) is 0 Å². The van der Waals surface area contributed by atoms with Gasteiger partial charge in [0.15, 0.2) is 11.9 Å². The van der Waals surface area contributed by atoms with Gasteiger partial charge in [-0.2, -0.15) is 0 Å². The van der Waals surface area contributed by atoms with Gasteiger partial charge in [-0.1, -0.05) is 13.8 Å². The molecule has 1 amide bonds. The Hall–Kier alpha value is -2.01. The lowest BCUT2D eigenvalue weighted by molar-refractivity contribution is -0.576. The Balaban J connectivity index is 1.18. The van der Waals surface area contributed by atoms with Gasteiger partial charge in [0, 0.05) is 49.5 Å². The molecule has 1 spiro atoms. The quantitative estimate of drug-likeness (QED) is 0.454. The Morgan fingerprint density at radius 1 is 1.21 bits per heavy atom. The zero-order valence-electron chi connectivity index (χ0n) is 20.1. The Morgan fingerprint density at radius 2 is 2.06 bits per heavy atom. The molecule has 4 saturated heterocycles. The molecule has 188 valence electrons. The van der Waals surface area contributed by atoms with E-state index in [0.29, 0.717) is 18.9 Å². The van der Waals surface area contributed by atoms with Gasteiger partial charge in [-0.05, 0) is 38.0 Å². The molecule has 1 aliphatic carbocycles. The van der Waals surface area contributed by atoms with Crippen molar-refractivity contribution in [3.63, 3.8) is 0 Å². The van der Waals surface area contributed by atoms with Crippen molar-refractivity contribution < 1.29 is 33.6 Å². The molecular weight excluding hydrogens is 442 g/mol. The molecule has 5 aliphatic rings. The number of nitrogens with zero attached hydrogens (tertiary/aromatic N) is 1. The molecule has 1 aromatic heterocycles. The van der Waals surface area contributed by atoms with E-state index >= 15 is 0 Å². The van der Waals surface area contributed by atoms with E-state index in [1.807, 2.05) is 13.8 Å². The molecule has 5 heterocycles. The molecule has 5 fully saturated rings. The summed E-state index contributed by atoms with van der Waals surface area (Å²) in [6, 6.07) is 0. The average Bonchev–Trinajstić information content (AvgIpc) is 3.22. The number of aromatic amines is 1. The fourth-order valence-corrected chi connectivity index (χ4v) is 6.26. The van der Waals surface area contributed by atoms with Crippen LogP contribution in [0.4, 0.5) is 0 Å². The predicted molar refractivity (Wildman–Crippen MR) is 117 cm³/mol. The van der Waals surface area contributed by atoms with Crippen molar-refractivity contribution in [2.45, 2.75) is 89.7 Å². The number of ether oxygens (including phenoxy) is 3. The lowest BCUT2D eigenvalue weighted by Gasteiger charge is -2.59. The molecular formula is C24H35N3O7. The van der Waals surface area contributed by atoms with Gasteiger partial charge in [-0.25, -0.2) is 14.8 Å². The van der Waals surface area contributed by atoms with Gasteiger partial charge in [0.1, 0.15) is 0 Å². The largest absolute Gasteiger partial charge is 0.435 e. The number of imidazole rings is 1. The fraction of sp³-hybridized carbons (Fsp3) is 0.792. The molecule has 8 atom stereocenters. The first-order valence-corrected chi connectivity index (χ1v) is 12.4. The van der Waals surface area contributed by atoms with Crippen molar-refractivity contribution in [2.75, 3.05) is 6.54 Å². The maximum absolute atomic E-state index is 12.6. The lowest BCUT2D eigenvalue weighted by Crippen LogP contribution is -2.70. The molecule has 1 aromatic rings. The van der Waals surface area contributed by atoms with E-state index in [1.165, 1.54) is 0 Å². The molecule has 34 heavy (non-hydrogen) atoms. The Morgan fingerprint density at radius 3 is 2.85 bits per heavy atom. The monoisotopic (exact) mass is 477 g/mol. The Kier molecular flexibility index (Phi) is 6.43. The molecule has 10 heteroatoms. The first-order valence-electron chi connectivity index (χ1n) is 12.4. The van der Waals surface area contributed by atoms with E-state index in [9.17, 15) is 9.59 Å². The minimum atomic E-state index is -0.874. The van der Waals surface area contributed by atoms with Crippen LogP contribution in [0.25, 0.3) is 0 Å². The second kappa shape index (κ2) is 9.22. The average molecular weight is 478 g/mol. The van der Waals surface area contributed by atoms with Crippen LogP contribution in [0.2, 0.25) is 0 Å². The maximum Gasteiger partial charge on any atom is 0.308 e. The van der Waals surface area contributed by atoms with Crippen molar-refractivity contribution in [3.8, 4) is 0 Å². The normalized spacial score (nSPS) is 40.8. The first-order chi connectivity index (χ1) is 16.3. The number of hydrogen-bond donors (Lipinski definition) is 2. The van der Waals surface area contributed by atoms with E-state index < -0.39 is 29.9 Å². The summed E-state index contributed by atoms with van der Waals surface area (Å²) in [6.45, 7) is 6.63. The zero-order valence-corrected chi connectivity index (χ0v) is 20.1. The lowest BCUT2D eigenvalue weighted by atomic mass is 9.58. The van der Waals surface area contributed by atoms with Crippen molar-refractivity contribution in [2.24, 2.45) is 23.7 Å². The molecule has 0 aromatic carbocycles. The summed E-state index contributed by atoms with van der Waals surface area (Å²) in [5, 5.41) is 2.81. The standard InChI is InChI=1S/C24H35N3O7/c1-14-4-5-18-15(2)21(31-22-24(18)17(14)8-10-23(3,32-22)33-34-24)30-20(29)7-6-19(28)26-11-9-16-12-25-13-27-16/h12-15,17-18,21-22H,4-11H2,1-3H3,(H,25,27)(H,26,28)/t14-,15-,17+,18+,21-,22-,23-,24+/m1/s1. The van der Waals surface area contributed by atoms with Crippen LogP contribution >= 0.6 is 0 Å². The van der Waals surface area contributed by atoms with Gasteiger partial charge in [0.05, 0.1) is 12.7 Å². The van der Waals surface area contributed by atoms with Gasteiger partial charge < -0.3 is 24.5 Å². The zero-order chi connectivity index (χ0) is 23.9. The molecule has 0 radical (unpaired) electrons. The molecule has 2 N–H and O–H groups in total. The summed E-state index contributed by atoms with van der Waals surface area (Å²) in [7, 11) is 0. The summed E-state index contributed by atoms with van der Waals surface area (Å²) in [5.74, 6) is -0.814. The molecule has 4 aliphatic heterocycles. The number of aromatic nitrogens is 2. The van der Waals surface area contributed by atoms with E-state index in [4.69, 9.17) is 24.0 Å². The smallest absolute Gasteiger partial charge is 0.308 e. The predicted octanol–water partition coefficient (Wildman–Crippen LogP) is 2.60. The van der Waals surface area contributed by atoms with Crippen LogP contribution in [-0.4, -0.2) is 52.4 Å². The summed E-state index contributed by atoms with van der Waals surface area (Å²) in [5.41, 5.74) is 0.253. The van der Waals surface area contributed by atoms with E-state index in [-0.39, 0.29) is 36.5 Å². The maximum atomic E-state index is 12.6. The molecule has 1 saturated carbocycles. The van der Waals surface area contributed by atoms with Gasteiger partial charge in [-0.15, -0.1) is 0 Å². The highest BCUT2D eigenvalue weighted by molar-refractivity contribution is 5.81. The highest BCUT2D eigenvalue weighted by atomic mass is 17.3. The van der Waals surface area contributed by atoms with Gasteiger partial charge in [0.2, 0.25) is 18.0 Å². The summed E-state index contributed by atoms with van der Waals surface area (Å²) in [6.07, 6.45) is 6.28. The van der Waals surface area contributed by atoms with Crippen LogP contribution < -0.4 is 5.32 Å². The third-order valence-corrected chi connectivity index (χ3v) is 8.17. The Labute approximate surface area is 199 Å². The second-order valence-corrected chi connectivity index (χ2v) is 10.4. The van der Waals surface area contributed by atoms with Crippen molar-refractivity contribution in [1.29, 1.82) is 0 Å². The van der Waals surface area contributed by atoms with Crippen LogP contribution in [0.1, 0.15) is 65.0 Å². The number of amides is 1. The topological polar surface area (TPSA) is 121 Å². The SMILES string of the molecule is C[C@H]1[C@H](OC(=O)CCC(=O)NCCc2cnc[nH]2)O[C@@H]2O[C@@]3(C)CC[C@H]4[C@H](C)CC[C@@H]1[C@]24OO3. The number of fused-ring (bicyclic) bond motifs is 2. The van der Waals surface area contributed by atoms with Gasteiger partial charge >= 0.3 is 5.97 Å². The summed E-state index contributed by atoms with van der Waals surface area (Å²) in [4.78, 5) is 43.6.